The molecule has 2 N–H and O–H groups in total. The van der Waals surface area contributed by atoms with E-state index in [9.17, 15) is 4.79 Å². The van der Waals surface area contributed by atoms with Gasteiger partial charge in [-0.05, 0) is 24.6 Å². The fourth-order valence-electron chi connectivity index (χ4n) is 2.62. The molecule has 1 aromatic carbocycles. The Hall–Kier alpha value is -1.94. The summed E-state index contributed by atoms with van der Waals surface area (Å²) in [7, 11) is 0. The maximum Gasteiger partial charge on any atom is 0.229 e. The van der Waals surface area contributed by atoms with Crippen LogP contribution in [0.3, 0.4) is 0 Å². The van der Waals surface area contributed by atoms with E-state index in [1.807, 2.05) is 30.5 Å². The monoisotopic (exact) mass is 255 g/mol. The lowest BCUT2D eigenvalue weighted by Crippen LogP contribution is -2.27. The van der Waals surface area contributed by atoms with E-state index in [2.05, 4.69) is 22.5 Å². The number of hydrogen-bond acceptors (Lipinski definition) is 3. The van der Waals surface area contributed by atoms with Crippen LogP contribution < -0.4 is 10.6 Å². The first kappa shape index (κ1) is 12.1. The standard InChI is InChI=1S/C15H17N3O/c1-10-7-17-9-13(10)15(19)18-14-4-2-3-11-8-16-6-5-12(11)14/h2-6,8,10,13,17H,7,9H2,1H3,(H,18,19)/t10-,13-/m1/s1. The largest absolute Gasteiger partial charge is 0.325 e. The summed E-state index contributed by atoms with van der Waals surface area (Å²) in [6, 6.07) is 7.81. The van der Waals surface area contributed by atoms with Crippen LogP contribution in [0.2, 0.25) is 0 Å². The van der Waals surface area contributed by atoms with E-state index in [4.69, 9.17) is 0 Å². The molecule has 1 saturated heterocycles. The maximum atomic E-state index is 12.3. The molecule has 0 spiro atoms. The number of anilines is 1. The summed E-state index contributed by atoms with van der Waals surface area (Å²) in [4.78, 5) is 16.4. The summed E-state index contributed by atoms with van der Waals surface area (Å²) < 4.78 is 0. The lowest BCUT2D eigenvalue weighted by atomic mass is 9.97. The minimum absolute atomic E-state index is 0.0529. The Kier molecular flexibility index (Phi) is 3.17. The van der Waals surface area contributed by atoms with Crippen molar-refractivity contribution in [3.63, 3.8) is 0 Å². The molecule has 0 radical (unpaired) electrons. The zero-order valence-corrected chi connectivity index (χ0v) is 10.9. The van der Waals surface area contributed by atoms with Crippen LogP contribution >= 0.6 is 0 Å². The van der Waals surface area contributed by atoms with Gasteiger partial charge in [0.25, 0.3) is 0 Å². The molecule has 1 aliphatic heterocycles. The second kappa shape index (κ2) is 4.97. The summed E-state index contributed by atoms with van der Waals surface area (Å²) in [6.07, 6.45) is 3.56. The van der Waals surface area contributed by atoms with Gasteiger partial charge < -0.3 is 10.6 Å². The zero-order chi connectivity index (χ0) is 13.2. The second-order valence-corrected chi connectivity index (χ2v) is 5.13. The van der Waals surface area contributed by atoms with Gasteiger partial charge in [0.1, 0.15) is 0 Å². The number of carbonyl (C=O) groups is 1. The van der Waals surface area contributed by atoms with E-state index in [0.717, 1.165) is 29.5 Å². The molecule has 0 aliphatic carbocycles. The molecule has 1 amide bonds. The van der Waals surface area contributed by atoms with Crippen molar-refractivity contribution in [1.29, 1.82) is 0 Å². The highest BCUT2D eigenvalue weighted by molar-refractivity contribution is 6.02. The number of benzene rings is 1. The van der Waals surface area contributed by atoms with Gasteiger partial charge in [0, 0.05) is 35.4 Å². The fourth-order valence-corrected chi connectivity index (χ4v) is 2.62. The Labute approximate surface area is 112 Å². The van der Waals surface area contributed by atoms with Crippen molar-refractivity contribution in [2.45, 2.75) is 6.92 Å². The number of fused-ring (bicyclic) bond motifs is 1. The molecule has 0 bridgehead atoms. The topological polar surface area (TPSA) is 54.0 Å². The number of hydrogen-bond donors (Lipinski definition) is 2. The Morgan fingerprint density at radius 2 is 2.26 bits per heavy atom. The lowest BCUT2D eigenvalue weighted by molar-refractivity contribution is -0.120. The molecule has 3 rings (SSSR count). The molecule has 1 fully saturated rings. The van der Waals surface area contributed by atoms with Gasteiger partial charge in [-0.3, -0.25) is 9.78 Å². The van der Waals surface area contributed by atoms with Crippen LogP contribution in [-0.2, 0) is 4.79 Å². The van der Waals surface area contributed by atoms with E-state index in [0.29, 0.717) is 5.92 Å². The number of pyridine rings is 1. The normalized spacial score (nSPS) is 22.6. The molecule has 1 aromatic heterocycles. The predicted octanol–water partition coefficient (Wildman–Crippen LogP) is 2.03. The van der Waals surface area contributed by atoms with Crippen LogP contribution in [-0.4, -0.2) is 24.0 Å². The van der Waals surface area contributed by atoms with Gasteiger partial charge in [0.15, 0.2) is 0 Å². The molecule has 19 heavy (non-hydrogen) atoms. The van der Waals surface area contributed by atoms with Gasteiger partial charge in [-0.1, -0.05) is 19.1 Å². The van der Waals surface area contributed by atoms with Crippen LogP contribution in [0.1, 0.15) is 6.92 Å². The summed E-state index contributed by atoms with van der Waals surface area (Å²) in [5.41, 5.74) is 0.865. The molecule has 4 nitrogen and oxygen atoms in total. The molecule has 2 atom stereocenters. The van der Waals surface area contributed by atoms with Gasteiger partial charge in [-0.15, -0.1) is 0 Å². The first-order valence-corrected chi connectivity index (χ1v) is 6.60. The van der Waals surface area contributed by atoms with Crippen molar-refractivity contribution in [3.8, 4) is 0 Å². The lowest BCUT2D eigenvalue weighted by Gasteiger charge is -2.15. The summed E-state index contributed by atoms with van der Waals surface area (Å²) in [5.74, 6) is 0.538. The molecule has 2 heterocycles. The first-order chi connectivity index (χ1) is 9.25. The summed E-state index contributed by atoms with van der Waals surface area (Å²) in [5, 5.41) is 8.38. The molecular weight excluding hydrogens is 238 g/mol. The maximum absolute atomic E-state index is 12.3. The number of aromatic nitrogens is 1. The molecule has 2 aromatic rings. The van der Waals surface area contributed by atoms with Gasteiger partial charge in [-0.2, -0.15) is 0 Å². The molecular formula is C15H17N3O. The third-order valence-corrected chi connectivity index (χ3v) is 3.79. The van der Waals surface area contributed by atoms with Crippen molar-refractivity contribution in [2.24, 2.45) is 11.8 Å². The number of amides is 1. The van der Waals surface area contributed by atoms with E-state index < -0.39 is 0 Å². The van der Waals surface area contributed by atoms with Crippen LogP contribution in [0.15, 0.2) is 36.7 Å². The van der Waals surface area contributed by atoms with Crippen LogP contribution in [0.4, 0.5) is 5.69 Å². The molecule has 0 unspecified atom stereocenters. The Morgan fingerprint density at radius 3 is 3.05 bits per heavy atom. The van der Waals surface area contributed by atoms with E-state index in [-0.39, 0.29) is 11.8 Å². The quantitative estimate of drug-likeness (QED) is 0.863. The fraction of sp³-hybridized carbons (Fsp3) is 0.333. The molecule has 1 aliphatic rings. The SMILES string of the molecule is C[C@@H]1CNC[C@H]1C(=O)Nc1cccc2cnccc12. The average molecular weight is 255 g/mol. The Balaban J connectivity index is 1.87. The highest BCUT2D eigenvalue weighted by Crippen LogP contribution is 2.24. The summed E-state index contributed by atoms with van der Waals surface area (Å²) >= 11 is 0. The molecule has 4 heteroatoms. The molecule has 0 saturated carbocycles. The van der Waals surface area contributed by atoms with Crippen molar-refractivity contribution in [3.05, 3.63) is 36.7 Å². The second-order valence-electron chi connectivity index (χ2n) is 5.13. The Morgan fingerprint density at radius 1 is 1.37 bits per heavy atom. The smallest absolute Gasteiger partial charge is 0.229 e. The van der Waals surface area contributed by atoms with Gasteiger partial charge >= 0.3 is 0 Å². The van der Waals surface area contributed by atoms with Crippen molar-refractivity contribution in [1.82, 2.24) is 10.3 Å². The number of nitrogens with zero attached hydrogens (tertiary/aromatic N) is 1. The van der Waals surface area contributed by atoms with Gasteiger partial charge in [-0.25, -0.2) is 0 Å². The van der Waals surface area contributed by atoms with Crippen LogP contribution in [0.25, 0.3) is 10.8 Å². The highest BCUT2D eigenvalue weighted by Gasteiger charge is 2.29. The summed E-state index contributed by atoms with van der Waals surface area (Å²) in [6.45, 7) is 3.79. The van der Waals surface area contributed by atoms with Crippen molar-refractivity contribution in [2.75, 3.05) is 18.4 Å². The highest BCUT2D eigenvalue weighted by atomic mass is 16.1. The number of rotatable bonds is 2. The number of nitrogens with one attached hydrogen (secondary N) is 2. The van der Waals surface area contributed by atoms with Gasteiger partial charge in [0.05, 0.1) is 5.92 Å². The molecule has 98 valence electrons. The van der Waals surface area contributed by atoms with E-state index in [1.54, 1.807) is 6.20 Å². The van der Waals surface area contributed by atoms with E-state index in [1.165, 1.54) is 0 Å². The van der Waals surface area contributed by atoms with Crippen molar-refractivity contribution < 1.29 is 4.79 Å². The van der Waals surface area contributed by atoms with E-state index >= 15 is 0 Å². The Bertz CT molecular complexity index is 606. The van der Waals surface area contributed by atoms with Crippen LogP contribution in [0.5, 0.6) is 0 Å². The predicted molar refractivity (Wildman–Crippen MR) is 75.9 cm³/mol. The van der Waals surface area contributed by atoms with Crippen molar-refractivity contribution >= 4 is 22.4 Å². The minimum Gasteiger partial charge on any atom is -0.325 e. The first-order valence-electron chi connectivity index (χ1n) is 6.60. The third kappa shape index (κ3) is 2.31. The zero-order valence-electron chi connectivity index (χ0n) is 10.9. The van der Waals surface area contributed by atoms with Crippen LogP contribution in [0, 0.1) is 11.8 Å². The minimum atomic E-state index is 0.0529. The third-order valence-electron chi connectivity index (χ3n) is 3.79. The average Bonchev–Trinajstić information content (AvgIpc) is 2.85. The van der Waals surface area contributed by atoms with Gasteiger partial charge in [0.2, 0.25) is 5.91 Å². The number of carbonyl (C=O) groups excluding carboxylic acids is 1.